The highest BCUT2D eigenvalue weighted by molar-refractivity contribution is 14.1. The Morgan fingerprint density at radius 2 is 2.35 bits per heavy atom. The minimum Gasteiger partial charge on any atom is -0.356 e. The van der Waals surface area contributed by atoms with Gasteiger partial charge in [0, 0.05) is 12.8 Å². The van der Waals surface area contributed by atoms with E-state index in [1.165, 1.54) is 6.42 Å². The normalized spacial score (nSPS) is 20.9. The van der Waals surface area contributed by atoms with Gasteiger partial charge in [0.15, 0.2) is 6.23 Å². The molecular weight excluding hydrogens is 352 g/mol. The summed E-state index contributed by atoms with van der Waals surface area (Å²) < 4.78 is 8.56. The van der Waals surface area contributed by atoms with Crippen LogP contribution in [0.15, 0.2) is 12.3 Å². The molecule has 0 spiro atoms. The van der Waals surface area contributed by atoms with E-state index in [0.29, 0.717) is 5.02 Å². The lowest BCUT2D eigenvalue weighted by Crippen LogP contribution is -2.19. The van der Waals surface area contributed by atoms with Crippen LogP contribution in [0.5, 0.6) is 0 Å². The molecule has 2 aromatic heterocycles. The van der Waals surface area contributed by atoms with Crippen molar-refractivity contribution >= 4 is 45.2 Å². The van der Waals surface area contributed by atoms with E-state index in [2.05, 4.69) is 32.7 Å². The van der Waals surface area contributed by atoms with Gasteiger partial charge in [0.25, 0.3) is 0 Å². The quantitative estimate of drug-likeness (QED) is 0.729. The van der Waals surface area contributed by atoms with E-state index in [1.54, 1.807) is 6.20 Å². The Kier molecular flexibility index (Phi) is 3.23. The highest BCUT2D eigenvalue weighted by Crippen LogP contribution is 2.28. The Morgan fingerprint density at radius 3 is 3.12 bits per heavy atom. The smallest absolute Gasteiger partial charge is 0.150 e. The van der Waals surface area contributed by atoms with Crippen LogP contribution in [-0.4, -0.2) is 21.4 Å². The third-order valence-corrected chi connectivity index (χ3v) is 3.83. The largest absolute Gasteiger partial charge is 0.356 e. The van der Waals surface area contributed by atoms with E-state index in [9.17, 15) is 0 Å². The molecule has 0 bridgehead atoms. The average Bonchev–Trinajstić information content (AvgIpc) is 2.67. The van der Waals surface area contributed by atoms with Gasteiger partial charge in [0.2, 0.25) is 0 Å². The fourth-order valence-corrected chi connectivity index (χ4v) is 2.89. The topological polar surface area (TPSA) is 39.9 Å². The number of nitrogens with zero attached hydrogens (tertiary/aromatic N) is 3. The van der Waals surface area contributed by atoms with Gasteiger partial charge in [-0.15, -0.1) is 0 Å². The monoisotopic (exact) mass is 363 g/mol. The first kappa shape index (κ1) is 11.7. The first-order chi connectivity index (χ1) is 8.25. The molecular formula is C11H11ClIN3O. The molecule has 1 atom stereocenters. The van der Waals surface area contributed by atoms with E-state index in [0.717, 1.165) is 34.2 Å². The van der Waals surface area contributed by atoms with Gasteiger partial charge >= 0.3 is 0 Å². The van der Waals surface area contributed by atoms with Crippen LogP contribution in [0.25, 0.3) is 11.0 Å². The van der Waals surface area contributed by atoms with Gasteiger partial charge in [0.1, 0.15) is 9.22 Å². The first-order valence-electron chi connectivity index (χ1n) is 5.56. The van der Waals surface area contributed by atoms with Crippen LogP contribution in [0.2, 0.25) is 5.02 Å². The summed E-state index contributed by atoms with van der Waals surface area (Å²) in [4.78, 5) is 4.32. The van der Waals surface area contributed by atoms with Gasteiger partial charge in [0.05, 0.1) is 10.5 Å². The molecule has 0 aromatic carbocycles. The van der Waals surface area contributed by atoms with Crippen molar-refractivity contribution in [3.05, 3.63) is 21.0 Å². The summed E-state index contributed by atoms with van der Waals surface area (Å²) in [6, 6.07) is 1.90. The lowest BCUT2D eigenvalue weighted by Gasteiger charge is -2.23. The highest BCUT2D eigenvalue weighted by Gasteiger charge is 2.20. The molecule has 0 N–H and O–H groups in total. The van der Waals surface area contributed by atoms with Crippen LogP contribution < -0.4 is 0 Å². The fraction of sp³-hybridized carbons (Fsp3) is 0.455. The maximum atomic E-state index is 5.99. The summed E-state index contributed by atoms with van der Waals surface area (Å²) in [6.45, 7) is 0.802. The number of ether oxygens (including phenoxy) is 1. The van der Waals surface area contributed by atoms with Crippen molar-refractivity contribution in [2.45, 2.75) is 25.5 Å². The number of hydrogen-bond donors (Lipinski definition) is 0. The van der Waals surface area contributed by atoms with Crippen LogP contribution in [0.4, 0.5) is 0 Å². The summed E-state index contributed by atoms with van der Waals surface area (Å²) in [5.74, 6) is 0. The summed E-state index contributed by atoms with van der Waals surface area (Å²) >= 11 is 8.19. The molecule has 0 aliphatic carbocycles. The van der Waals surface area contributed by atoms with Crippen LogP contribution in [-0.2, 0) is 4.74 Å². The van der Waals surface area contributed by atoms with Crippen molar-refractivity contribution in [2.75, 3.05) is 6.61 Å². The second-order valence-corrected chi connectivity index (χ2v) is 5.54. The molecule has 17 heavy (non-hydrogen) atoms. The minimum atomic E-state index is 0.0232. The number of rotatable bonds is 1. The Balaban J connectivity index is 2.11. The molecule has 4 nitrogen and oxygen atoms in total. The molecule has 6 heteroatoms. The van der Waals surface area contributed by atoms with Crippen molar-refractivity contribution in [1.29, 1.82) is 0 Å². The van der Waals surface area contributed by atoms with Crippen molar-refractivity contribution in [3.8, 4) is 0 Å². The predicted molar refractivity (Wildman–Crippen MR) is 74.1 cm³/mol. The highest BCUT2D eigenvalue weighted by atomic mass is 127. The molecule has 0 saturated carbocycles. The van der Waals surface area contributed by atoms with Crippen LogP contribution in [0.3, 0.4) is 0 Å². The van der Waals surface area contributed by atoms with E-state index in [1.807, 2.05) is 10.7 Å². The van der Waals surface area contributed by atoms with Crippen LogP contribution in [0, 0.1) is 3.70 Å². The summed E-state index contributed by atoms with van der Waals surface area (Å²) in [5, 5.41) is 5.14. The zero-order valence-corrected chi connectivity index (χ0v) is 12.0. The van der Waals surface area contributed by atoms with Gasteiger partial charge in [-0.25, -0.2) is 4.68 Å². The molecule has 3 rings (SSSR count). The second kappa shape index (κ2) is 4.70. The zero-order chi connectivity index (χ0) is 11.8. The molecule has 3 heterocycles. The Bertz CT molecular complexity index is 551. The molecule has 1 saturated heterocycles. The fourth-order valence-electron chi connectivity index (χ4n) is 2.09. The number of hydrogen-bond acceptors (Lipinski definition) is 3. The zero-order valence-electron chi connectivity index (χ0n) is 9.07. The van der Waals surface area contributed by atoms with Crippen molar-refractivity contribution in [1.82, 2.24) is 14.8 Å². The lowest BCUT2D eigenvalue weighted by molar-refractivity contribution is -0.0368. The third-order valence-electron chi connectivity index (χ3n) is 2.90. The minimum absolute atomic E-state index is 0.0232. The van der Waals surface area contributed by atoms with E-state index in [4.69, 9.17) is 16.3 Å². The molecule has 1 fully saturated rings. The molecule has 2 aromatic rings. The summed E-state index contributed by atoms with van der Waals surface area (Å²) in [7, 11) is 0. The van der Waals surface area contributed by atoms with Crippen LogP contribution >= 0.6 is 34.2 Å². The second-order valence-electron chi connectivity index (χ2n) is 4.08. The first-order valence-corrected chi connectivity index (χ1v) is 7.02. The average molecular weight is 364 g/mol. The Hall–Kier alpha value is -0.400. The van der Waals surface area contributed by atoms with Crippen molar-refractivity contribution in [3.63, 3.8) is 0 Å². The molecule has 90 valence electrons. The Labute approximate surface area is 117 Å². The van der Waals surface area contributed by atoms with Crippen molar-refractivity contribution < 1.29 is 4.74 Å². The SMILES string of the molecule is Clc1cnc2c(I)nn(C3CCCCO3)c2c1. The third kappa shape index (κ3) is 2.15. The Morgan fingerprint density at radius 1 is 1.47 bits per heavy atom. The van der Waals surface area contributed by atoms with E-state index >= 15 is 0 Å². The van der Waals surface area contributed by atoms with Gasteiger partial charge in [-0.2, -0.15) is 5.10 Å². The lowest BCUT2D eigenvalue weighted by atomic mass is 10.2. The molecule has 0 amide bonds. The molecule has 0 radical (unpaired) electrons. The van der Waals surface area contributed by atoms with Crippen LogP contribution in [0.1, 0.15) is 25.5 Å². The van der Waals surface area contributed by atoms with Gasteiger partial charge in [-0.3, -0.25) is 4.98 Å². The number of halogens is 2. The van der Waals surface area contributed by atoms with E-state index in [-0.39, 0.29) is 6.23 Å². The van der Waals surface area contributed by atoms with E-state index < -0.39 is 0 Å². The standard InChI is InChI=1S/C11H11ClIN3O/c12-7-5-8-10(14-6-7)11(13)15-16(8)9-3-1-2-4-17-9/h5-6,9H,1-4H2. The molecule has 1 aliphatic rings. The van der Waals surface area contributed by atoms with Gasteiger partial charge < -0.3 is 4.74 Å². The summed E-state index contributed by atoms with van der Waals surface area (Å²) in [5.41, 5.74) is 1.85. The number of fused-ring (bicyclic) bond motifs is 1. The maximum absolute atomic E-state index is 5.99. The van der Waals surface area contributed by atoms with Crippen molar-refractivity contribution in [2.24, 2.45) is 0 Å². The van der Waals surface area contributed by atoms with Gasteiger partial charge in [-0.05, 0) is 47.9 Å². The number of aromatic nitrogens is 3. The van der Waals surface area contributed by atoms with Gasteiger partial charge in [-0.1, -0.05) is 11.6 Å². The summed E-state index contributed by atoms with van der Waals surface area (Å²) in [6.07, 6.45) is 4.98. The molecule has 1 unspecified atom stereocenters. The number of pyridine rings is 1. The maximum Gasteiger partial charge on any atom is 0.150 e. The molecule has 1 aliphatic heterocycles. The predicted octanol–water partition coefficient (Wildman–Crippen LogP) is 3.39.